The first-order chi connectivity index (χ1) is 33.4. The zero-order valence-corrected chi connectivity index (χ0v) is 40.2. The maximum atomic E-state index is 6.88. The summed E-state index contributed by atoms with van der Waals surface area (Å²) in [5.74, 6) is -0.0302. The third-order valence-electron chi connectivity index (χ3n) is 12.2. The van der Waals surface area contributed by atoms with E-state index in [9.17, 15) is 0 Å². The Morgan fingerprint density at radius 2 is 1.16 bits per heavy atom. The Labute approximate surface area is 404 Å². The minimum Gasteiger partial charge on any atom is -0.455 e. The lowest BCUT2D eigenvalue weighted by molar-refractivity contribution is 0.670. The average Bonchev–Trinajstić information content (AvgIpc) is 3.82. The fourth-order valence-corrected chi connectivity index (χ4v) is 8.49. The van der Waals surface area contributed by atoms with Gasteiger partial charge in [0.25, 0.3) is 0 Å². The zero-order valence-electron chi connectivity index (χ0n) is 40.2. The summed E-state index contributed by atoms with van der Waals surface area (Å²) < 4.78 is 6.58. The summed E-state index contributed by atoms with van der Waals surface area (Å²) in [6.07, 6.45) is 14.5. The summed E-state index contributed by atoms with van der Waals surface area (Å²) in [5.41, 5.74) is 30.3. The fraction of sp³-hybridized carbons (Fsp3) is 0.138. The van der Waals surface area contributed by atoms with E-state index in [4.69, 9.17) is 15.9 Å². The molecule has 1 aliphatic carbocycles. The number of nitrogens with two attached hydrogens (primary N) is 2. The largest absolute Gasteiger partial charge is 0.455 e. The highest BCUT2D eigenvalue weighted by Gasteiger charge is 2.19. The van der Waals surface area contributed by atoms with Gasteiger partial charge in [-0.25, -0.2) is 0 Å². The number of para-hydroxylation sites is 1. The minimum atomic E-state index is -0.0302. The van der Waals surface area contributed by atoms with Crippen LogP contribution in [-0.4, -0.2) is 0 Å². The molecule has 0 radical (unpaired) electrons. The first kappa shape index (κ1) is 48.1. The van der Waals surface area contributed by atoms with Gasteiger partial charge in [0.2, 0.25) is 0 Å². The molecule has 3 heteroatoms. The highest BCUT2D eigenvalue weighted by molar-refractivity contribution is 6.16. The lowest BCUT2D eigenvalue weighted by atomic mass is 9.88. The average molecular weight is 889 g/mol. The molecule has 1 unspecified atom stereocenters. The molecule has 0 saturated carbocycles. The molecule has 0 amide bonds. The standard InChI is InChI=1S/C48H38N2O.C8H12.C7H8.C2H6/c1-2-44(49)37-26-24-35(25-27-37)41-29-28-40(47-42-18-9-10-19-46(42)51-48(41)47)34-20-22-36(23-21-34)43(33-14-7-4-8-15-33)31-45(50)39-17-11-16-38(30-39)32-12-5-3-6-13-32;1-2-8-6-4-3-5-7-8;1-7-5-3-2-4-6-7;1-2/h2-31,43H,49-50H2,1H3;3-4,6H,2,5,7H2,1H3;2-6H,1H3;1-2H3/b44-2-,45-31-;;;. The summed E-state index contributed by atoms with van der Waals surface area (Å²) >= 11 is 0. The molecule has 340 valence electrons. The maximum Gasteiger partial charge on any atom is 0.143 e. The van der Waals surface area contributed by atoms with E-state index in [1.54, 1.807) is 5.57 Å². The van der Waals surface area contributed by atoms with Crippen molar-refractivity contribution in [2.75, 3.05) is 0 Å². The molecule has 0 spiro atoms. The minimum absolute atomic E-state index is 0.0302. The van der Waals surface area contributed by atoms with Gasteiger partial charge in [0.1, 0.15) is 11.2 Å². The van der Waals surface area contributed by atoms with Crippen molar-refractivity contribution in [1.82, 2.24) is 0 Å². The molecule has 10 rings (SSSR count). The molecule has 1 atom stereocenters. The fourth-order valence-electron chi connectivity index (χ4n) is 8.49. The Morgan fingerprint density at radius 1 is 0.574 bits per heavy atom. The Hall–Kier alpha value is -7.88. The van der Waals surface area contributed by atoms with Crippen LogP contribution in [0.5, 0.6) is 0 Å². The van der Waals surface area contributed by atoms with Crippen molar-refractivity contribution in [3.8, 4) is 33.4 Å². The molecule has 3 nitrogen and oxygen atoms in total. The first-order valence-electron chi connectivity index (χ1n) is 24.0. The third kappa shape index (κ3) is 11.9. The highest BCUT2D eigenvalue weighted by Crippen LogP contribution is 2.42. The quantitative estimate of drug-likeness (QED) is 0.152. The van der Waals surface area contributed by atoms with E-state index in [-0.39, 0.29) is 5.92 Å². The van der Waals surface area contributed by atoms with E-state index in [1.165, 1.54) is 36.0 Å². The van der Waals surface area contributed by atoms with Crippen LogP contribution in [0, 0.1) is 6.92 Å². The molecule has 0 saturated heterocycles. The van der Waals surface area contributed by atoms with E-state index in [2.05, 4.69) is 202 Å². The third-order valence-corrected chi connectivity index (χ3v) is 12.2. The van der Waals surface area contributed by atoms with Crippen LogP contribution in [0.25, 0.3) is 66.7 Å². The van der Waals surface area contributed by atoms with Crippen LogP contribution in [0.4, 0.5) is 0 Å². The maximum absolute atomic E-state index is 6.88. The second-order valence-corrected chi connectivity index (χ2v) is 16.7. The van der Waals surface area contributed by atoms with Gasteiger partial charge in [-0.05, 0) is 107 Å². The summed E-state index contributed by atoms with van der Waals surface area (Å²) in [7, 11) is 0. The van der Waals surface area contributed by atoms with Gasteiger partial charge in [-0.2, -0.15) is 0 Å². The molecule has 0 aliphatic heterocycles. The van der Waals surface area contributed by atoms with E-state index < -0.39 is 0 Å². The highest BCUT2D eigenvalue weighted by atomic mass is 16.3. The molecule has 1 aliphatic rings. The number of aryl methyl sites for hydroxylation is 1. The van der Waals surface area contributed by atoms with Gasteiger partial charge in [-0.3, -0.25) is 0 Å². The first-order valence-corrected chi connectivity index (χ1v) is 24.0. The van der Waals surface area contributed by atoms with Crippen molar-refractivity contribution in [3.63, 3.8) is 0 Å². The lowest BCUT2D eigenvalue weighted by Crippen LogP contribution is -2.04. The van der Waals surface area contributed by atoms with Gasteiger partial charge in [0, 0.05) is 33.6 Å². The zero-order chi connectivity index (χ0) is 47.7. The number of benzene rings is 8. The van der Waals surface area contributed by atoms with Crippen LogP contribution in [0.15, 0.2) is 241 Å². The number of allylic oxidation sites excluding steroid dienone is 6. The van der Waals surface area contributed by atoms with Crippen LogP contribution in [0.3, 0.4) is 0 Å². The molecule has 9 aromatic rings. The van der Waals surface area contributed by atoms with E-state index in [0.29, 0.717) is 0 Å². The molecular weight excluding hydrogens is 825 g/mol. The van der Waals surface area contributed by atoms with E-state index >= 15 is 0 Å². The second-order valence-electron chi connectivity index (χ2n) is 16.7. The number of rotatable bonds is 9. The van der Waals surface area contributed by atoms with Crippen molar-refractivity contribution in [2.24, 2.45) is 11.5 Å². The molecule has 8 aromatic carbocycles. The van der Waals surface area contributed by atoms with Crippen molar-refractivity contribution in [1.29, 1.82) is 0 Å². The Morgan fingerprint density at radius 3 is 1.78 bits per heavy atom. The SMILES string of the molecule is C/C=C(\N)c1ccc(-c2ccc(-c3ccc(C(/C=C(\N)c4cccc(-c5ccccc5)c4)c4ccccc4)cc3)c3c2oc2ccccc23)cc1.CC.CCC1=CC=CCC1.Cc1ccccc1. The Kier molecular flexibility index (Phi) is 17.0. The molecule has 0 fully saturated rings. The van der Waals surface area contributed by atoms with Crippen molar-refractivity contribution < 1.29 is 4.42 Å². The van der Waals surface area contributed by atoms with E-state index in [1.807, 2.05) is 63.2 Å². The van der Waals surface area contributed by atoms with Gasteiger partial charge in [0.15, 0.2) is 0 Å². The number of hydrogen-bond acceptors (Lipinski definition) is 3. The Bertz CT molecular complexity index is 3120. The molecular formula is C65H64N2O. The van der Waals surface area contributed by atoms with Crippen molar-refractivity contribution in [3.05, 3.63) is 264 Å². The predicted octanol–water partition coefficient (Wildman–Crippen LogP) is 17.7. The summed E-state index contributed by atoms with van der Waals surface area (Å²) in [6, 6.07) is 69.6. The topological polar surface area (TPSA) is 65.2 Å². The molecule has 4 N–H and O–H groups in total. The lowest BCUT2D eigenvalue weighted by Gasteiger charge is -2.17. The van der Waals surface area contributed by atoms with Crippen molar-refractivity contribution in [2.45, 2.75) is 59.8 Å². The molecule has 1 heterocycles. The monoisotopic (exact) mass is 889 g/mol. The predicted molar refractivity (Wildman–Crippen MR) is 294 cm³/mol. The Balaban J connectivity index is 0.000000340. The number of fused-ring (bicyclic) bond motifs is 3. The van der Waals surface area contributed by atoms with Gasteiger partial charge in [-0.1, -0.05) is 238 Å². The number of furan rings is 1. The van der Waals surface area contributed by atoms with Crippen LogP contribution in [-0.2, 0) is 0 Å². The van der Waals surface area contributed by atoms with E-state index in [0.717, 1.165) is 77.8 Å². The van der Waals surface area contributed by atoms with Gasteiger partial charge < -0.3 is 15.9 Å². The molecule has 0 bridgehead atoms. The molecule has 1 aromatic heterocycles. The van der Waals surface area contributed by atoms with Crippen molar-refractivity contribution >= 4 is 33.3 Å². The van der Waals surface area contributed by atoms with Gasteiger partial charge >= 0.3 is 0 Å². The summed E-state index contributed by atoms with van der Waals surface area (Å²) in [6.45, 7) is 10.2. The normalized spacial score (nSPS) is 12.7. The molecule has 68 heavy (non-hydrogen) atoms. The van der Waals surface area contributed by atoms with Gasteiger partial charge in [0.05, 0.1) is 0 Å². The van der Waals surface area contributed by atoms with Gasteiger partial charge in [-0.15, -0.1) is 0 Å². The second kappa shape index (κ2) is 24.1. The number of hydrogen-bond donors (Lipinski definition) is 2. The summed E-state index contributed by atoms with van der Waals surface area (Å²) in [4.78, 5) is 0. The van der Waals surface area contributed by atoms with Crippen LogP contribution in [0.1, 0.15) is 80.7 Å². The van der Waals surface area contributed by atoms with Crippen LogP contribution >= 0.6 is 0 Å². The summed E-state index contributed by atoms with van der Waals surface area (Å²) in [5, 5.41) is 2.20. The smallest absolute Gasteiger partial charge is 0.143 e. The van der Waals surface area contributed by atoms with Crippen LogP contribution in [0.2, 0.25) is 0 Å². The van der Waals surface area contributed by atoms with Crippen LogP contribution < -0.4 is 11.5 Å².